The molecule has 3 rings (SSSR count). The van der Waals surface area contributed by atoms with E-state index < -0.39 is 5.97 Å². The van der Waals surface area contributed by atoms with Gasteiger partial charge < -0.3 is 14.3 Å². The van der Waals surface area contributed by atoms with Crippen molar-refractivity contribution in [2.24, 2.45) is 5.16 Å². The van der Waals surface area contributed by atoms with Crippen LogP contribution in [0.4, 0.5) is 0 Å². The number of hydrogen-bond acceptors (Lipinski definition) is 5. The van der Waals surface area contributed by atoms with E-state index in [9.17, 15) is 4.79 Å². The van der Waals surface area contributed by atoms with E-state index in [-0.39, 0.29) is 5.71 Å². The molecule has 0 N–H and O–H groups in total. The number of esters is 1. The molecule has 0 radical (unpaired) electrons. The first kappa shape index (κ1) is 23.1. The molecule has 0 aromatic heterocycles. The van der Waals surface area contributed by atoms with Gasteiger partial charge >= 0.3 is 5.97 Å². The summed E-state index contributed by atoms with van der Waals surface area (Å²) in [6, 6.07) is 18.1. The zero-order valence-corrected chi connectivity index (χ0v) is 19.1. The minimum Gasteiger partial charge on any atom is -0.489 e. The first-order valence-electron chi connectivity index (χ1n) is 10.5. The van der Waals surface area contributed by atoms with Gasteiger partial charge in [0.2, 0.25) is 0 Å². The van der Waals surface area contributed by atoms with Gasteiger partial charge in [-0.1, -0.05) is 70.9 Å². The molecule has 5 heteroatoms. The number of nitrogens with zero attached hydrogens (tertiary/aromatic N) is 1. The molecule has 2 aromatic carbocycles. The maximum Gasteiger partial charge on any atom is 0.360 e. The third-order valence-electron chi connectivity index (χ3n) is 5.46. The molecule has 0 spiro atoms. The minimum absolute atomic E-state index is 0.194. The van der Waals surface area contributed by atoms with Gasteiger partial charge in [-0.25, -0.2) is 4.79 Å². The molecule has 0 heterocycles. The molecule has 1 aliphatic rings. The first-order chi connectivity index (χ1) is 15.5. The van der Waals surface area contributed by atoms with Crippen LogP contribution in [-0.2, 0) is 14.4 Å². The Morgan fingerprint density at radius 2 is 1.62 bits per heavy atom. The maximum absolute atomic E-state index is 12.3. The fourth-order valence-corrected chi connectivity index (χ4v) is 3.55. The van der Waals surface area contributed by atoms with Gasteiger partial charge in [0.15, 0.2) is 5.71 Å². The number of oxime groups is 1. The average Bonchev–Trinajstić information content (AvgIpc) is 2.82. The largest absolute Gasteiger partial charge is 0.489 e. The van der Waals surface area contributed by atoms with Crippen LogP contribution in [0.3, 0.4) is 0 Å². The summed E-state index contributed by atoms with van der Waals surface area (Å²) in [5.41, 5.74) is 6.67. The summed E-state index contributed by atoms with van der Waals surface area (Å²) >= 11 is 0. The van der Waals surface area contributed by atoms with Crippen LogP contribution in [0, 0.1) is 0 Å². The minimum atomic E-state index is -0.514. The van der Waals surface area contributed by atoms with Crippen LogP contribution in [0.15, 0.2) is 82.0 Å². The average molecular weight is 432 g/mol. The number of methoxy groups -OCH3 is 1. The number of carbonyl (C=O) groups excluding carboxylic acids is 1. The van der Waals surface area contributed by atoms with Crippen LogP contribution in [0.5, 0.6) is 5.75 Å². The van der Waals surface area contributed by atoms with E-state index in [0.717, 1.165) is 28.0 Å². The molecular weight excluding hydrogens is 402 g/mol. The molecule has 166 valence electrons. The van der Waals surface area contributed by atoms with Gasteiger partial charge in [0, 0.05) is 0 Å². The molecule has 0 saturated heterocycles. The highest BCUT2D eigenvalue weighted by Crippen LogP contribution is 2.31. The van der Waals surface area contributed by atoms with Crippen LogP contribution in [0.2, 0.25) is 0 Å². The van der Waals surface area contributed by atoms with E-state index in [1.165, 1.54) is 25.4 Å². The van der Waals surface area contributed by atoms with Crippen molar-refractivity contribution in [2.45, 2.75) is 26.7 Å². The predicted octanol–water partition coefficient (Wildman–Crippen LogP) is 5.84. The second-order valence-corrected chi connectivity index (χ2v) is 7.72. The van der Waals surface area contributed by atoms with E-state index in [0.29, 0.717) is 19.4 Å². The zero-order chi connectivity index (χ0) is 22.9. The Kier molecular flexibility index (Phi) is 8.03. The number of hydrogen-bond donors (Lipinski definition) is 0. The van der Waals surface area contributed by atoms with Crippen LogP contribution in [0.1, 0.15) is 37.8 Å². The molecular formula is C27H29NO4. The topological polar surface area (TPSA) is 57.1 Å². The van der Waals surface area contributed by atoms with Crippen LogP contribution in [-0.4, -0.2) is 32.5 Å². The lowest BCUT2D eigenvalue weighted by Gasteiger charge is -2.23. The fraction of sp³-hybridized carbons (Fsp3) is 0.259. The summed E-state index contributed by atoms with van der Waals surface area (Å²) in [5, 5.41) is 3.95. The van der Waals surface area contributed by atoms with Gasteiger partial charge in [-0.15, -0.1) is 0 Å². The van der Waals surface area contributed by atoms with E-state index >= 15 is 0 Å². The Hall–Kier alpha value is -3.60. The van der Waals surface area contributed by atoms with Crippen molar-refractivity contribution in [3.8, 4) is 5.75 Å². The quantitative estimate of drug-likeness (QED) is 0.173. The molecule has 5 nitrogen and oxygen atoms in total. The standard InChI is InChI=1S/C27H29NO4/c1-19-15-23(25(16-20(19)2)26(28-31-4)27(29)30-3)18-32-24-12-8-11-22(17-24)14-13-21-9-6-5-7-10-21/h5-14,17H,15-16,18H2,1-4H3. The van der Waals surface area contributed by atoms with Crippen LogP contribution in [0.25, 0.3) is 12.2 Å². The maximum atomic E-state index is 12.3. The number of benzene rings is 2. The van der Waals surface area contributed by atoms with Crippen molar-refractivity contribution in [1.29, 1.82) is 0 Å². The van der Waals surface area contributed by atoms with Gasteiger partial charge in [-0.3, -0.25) is 0 Å². The third kappa shape index (κ3) is 5.97. The highest BCUT2D eigenvalue weighted by molar-refractivity contribution is 6.43. The number of allylic oxidation sites excluding steroid dienone is 2. The molecule has 0 unspecified atom stereocenters. The lowest BCUT2D eigenvalue weighted by molar-refractivity contribution is -0.132. The summed E-state index contributed by atoms with van der Waals surface area (Å²) in [7, 11) is 2.76. The third-order valence-corrected chi connectivity index (χ3v) is 5.46. The van der Waals surface area contributed by atoms with Gasteiger partial charge in [-0.2, -0.15) is 0 Å². The highest BCUT2D eigenvalue weighted by Gasteiger charge is 2.26. The number of carbonyl (C=O) groups is 1. The Morgan fingerprint density at radius 3 is 2.34 bits per heavy atom. The Morgan fingerprint density at radius 1 is 0.938 bits per heavy atom. The molecule has 0 bridgehead atoms. The highest BCUT2D eigenvalue weighted by atomic mass is 16.6. The van der Waals surface area contributed by atoms with Crippen LogP contribution < -0.4 is 4.74 Å². The predicted molar refractivity (Wildman–Crippen MR) is 128 cm³/mol. The van der Waals surface area contributed by atoms with Gasteiger partial charge in [0.25, 0.3) is 0 Å². The zero-order valence-electron chi connectivity index (χ0n) is 19.1. The summed E-state index contributed by atoms with van der Waals surface area (Å²) in [6.07, 6.45) is 5.46. The van der Waals surface area contributed by atoms with Gasteiger partial charge in [0.1, 0.15) is 19.5 Å². The molecule has 0 fully saturated rings. The van der Waals surface area contributed by atoms with E-state index in [1.54, 1.807) is 0 Å². The van der Waals surface area contributed by atoms with Crippen molar-refractivity contribution >= 4 is 23.8 Å². The molecule has 0 saturated carbocycles. The lowest BCUT2D eigenvalue weighted by Crippen LogP contribution is -2.24. The van der Waals surface area contributed by atoms with E-state index in [4.69, 9.17) is 14.3 Å². The Labute approximate surface area is 189 Å². The number of rotatable bonds is 8. The van der Waals surface area contributed by atoms with Crippen molar-refractivity contribution < 1.29 is 19.1 Å². The summed E-state index contributed by atoms with van der Waals surface area (Å²) in [4.78, 5) is 17.2. The van der Waals surface area contributed by atoms with Gasteiger partial charge in [-0.05, 0) is 61.1 Å². The van der Waals surface area contributed by atoms with Crippen LogP contribution >= 0.6 is 0 Å². The molecule has 0 aliphatic heterocycles. The first-order valence-corrected chi connectivity index (χ1v) is 10.5. The molecule has 2 aromatic rings. The second kappa shape index (κ2) is 11.1. The summed E-state index contributed by atoms with van der Waals surface area (Å²) in [6.45, 7) is 4.52. The molecule has 1 aliphatic carbocycles. The Bertz CT molecular complexity index is 1080. The van der Waals surface area contributed by atoms with Gasteiger partial charge in [0.05, 0.1) is 7.11 Å². The SMILES string of the molecule is CON=C(C(=O)OC)C1=C(COc2cccc(C=Cc3ccccc3)c2)CC(C)=C(C)C1. The monoisotopic (exact) mass is 431 g/mol. The van der Waals surface area contributed by atoms with Crippen molar-refractivity contribution in [1.82, 2.24) is 0 Å². The normalized spacial score (nSPS) is 14.7. The smallest absolute Gasteiger partial charge is 0.360 e. The summed E-state index contributed by atoms with van der Waals surface area (Å²) in [5.74, 6) is 0.249. The summed E-state index contributed by atoms with van der Waals surface area (Å²) < 4.78 is 11.1. The fourth-order valence-electron chi connectivity index (χ4n) is 3.55. The molecule has 0 amide bonds. The van der Waals surface area contributed by atoms with Crippen molar-refractivity contribution in [2.75, 3.05) is 20.8 Å². The van der Waals surface area contributed by atoms with E-state index in [2.05, 4.69) is 43.3 Å². The van der Waals surface area contributed by atoms with Crippen molar-refractivity contribution in [3.05, 3.63) is 88.0 Å². The molecule has 0 atom stereocenters. The lowest BCUT2D eigenvalue weighted by atomic mass is 9.85. The Balaban J connectivity index is 1.80. The van der Waals surface area contributed by atoms with E-state index in [1.807, 2.05) is 42.5 Å². The second-order valence-electron chi connectivity index (χ2n) is 7.72. The molecule has 32 heavy (non-hydrogen) atoms. The van der Waals surface area contributed by atoms with Crippen molar-refractivity contribution in [3.63, 3.8) is 0 Å². The number of ether oxygens (including phenoxy) is 2.